The number of carbonyl (C=O) groups is 1. The van der Waals surface area contributed by atoms with E-state index in [-0.39, 0.29) is 18.0 Å². The van der Waals surface area contributed by atoms with Crippen LogP contribution in [0, 0.1) is 5.92 Å². The summed E-state index contributed by atoms with van der Waals surface area (Å²) in [5.74, 6) is -0.170. The van der Waals surface area contributed by atoms with Gasteiger partial charge in [-0.15, -0.1) is 0 Å². The Balaban J connectivity index is 2.24. The van der Waals surface area contributed by atoms with Gasteiger partial charge in [0.05, 0.1) is 18.1 Å². The highest BCUT2D eigenvalue weighted by molar-refractivity contribution is 5.71. The second kappa shape index (κ2) is 6.89. The van der Waals surface area contributed by atoms with Crippen LogP contribution >= 0.6 is 0 Å². The Kier molecular flexibility index (Phi) is 5.81. The SMILES string of the molecule is CCCC1CCCC(COC(=O)C(C)C)O1. The third-order valence-corrected chi connectivity index (χ3v) is 2.93. The molecule has 94 valence electrons. The van der Waals surface area contributed by atoms with Crippen LogP contribution in [0.3, 0.4) is 0 Å². The third kappa shape index (κ3) is 4.52. The minimum atomic E-state index is -0.124. The highest BCUT2D eigenvalue weighted by Crippen LogP contribution is 2.22. The molecule has 0 amide bonds. The van der Waals surface area contributed by atoms with Gasteiger partial charge in [-0.05, 0) is 25.7 Å². The van der Waals surface area contributed by atoms with Crippen molar-refractivity contribution in [2.24, 2.45) is 5.92 Å². The summed E-state index contributed by atoms with van der Waals surface area (Å²) in [6, 6.07) is 0. The van der Waals surface area contributed by atoms with E-state index in [0.717, 1.165) is 25.7 Å². The molecule has 0 spiro atoms. The van der Waals surface area contributed by atoms with E-state index in [1.807, 2.05) is 13.8 Å². The van der Waals surface area contributed by atoms with Crippen molar-refractivity contribution in [1.82, 2.24) is 0 Å². The topological polar surface area (TPSA) is 35.5 Å². The summed E-state index contributed by atoms with van der Waals surface area (Å²) in [5.41, 5.74) is 0. The van der Waals surface area contributed by atoms with Crippen molar-refractivity contribution in [3.63, 3.8) is 0 Å². The van der Waals surface area contributed by atoms with Crippen LogP contribution in [0.5, 0.6) is 0 Å². The monoisotopic (exact) mass is 228 g/mol. The lowest BCUT2D eigenvalue weighted by molar-refractivity contribution is -0.155. The molecule has 0 radical (unpaired) electrons. The van der Waals surface area contributed by atoms with Crippen LogP contribution in [-0.4, -0.2) is 24.8 Å². The van der Waals surface area contributed by atoms with E-state index in [1.165, 1.54) is 6.42 Å². The summed E-state index contributed by atoms with van der Waals surface area (Å²) < 4.78 is 11.1. The Morgan fingerprint density at radius 1 is 1.38 bits per heavy atom. The first kappa shape index (κ1) is 13.5. The minimum absolute atomic E-state index is 0.0463. The summed E-state index contributed by atoms with van der Waals surface area (Å²) in [4.78, 5) is 11.3. The van der Waals surface area contributed by atoms with Crippen LogP contribution < -0.4 is 0 Å². The van der Waals surface area contributed by atoms with E-state index in [0.29, 0.717) is 12.7 Å². The molecule has 1 aliphatic rings. The molecule has 0 aliphatic carbocycles. The van der Waals surface area contributed by atoms with Gasteiger partial charge >= 0.3 is 5.97 Å². The molecule has 0 aromatic carbocycles. The van der Waals surface area contributed by atoms with Crippen LogP contribution in [0.4, 0.5) is 0 Å². The van der Waals surface area contributed by atoms with Gasteiger partial charge < -0.3 is 9.47 Å². The van der Waals surface area contributed by atoms with Crippen molar-refractivity contribution in [1.29, 1.82) is 0 Å². The number of esters is 1. The van der Waals surface area contributed by atoms with E-state index < -0.39 is 0 Å². The van der Waals surface area contributed by atoms with Gasteiger partial charge in [0.25, 0.3) is 0 Å². The van der Waals surface area contributed by atoms with Gasteiger partial charge in [-0.2, -0.15) is 0 Å². The normalized spacial score (nSPS) is 25.8. The molecule has 1 aliphatic heterocycles. The Bertz CT molecular complexity index is 211. The summed E-state index contributed by atoms with van der Waals surface area (Å²) in [6.45, 7) is 6.30. The molecule has 3 nitrogen and oxygen atoms in total. The first-order chi connectivity index (χ1) is 7.63. The highest BCUT2D eigenvalue weighted by Gasteiger charge is 2.23. The molecule has 1 heterocycles. The summed E-state index contributed by atoms with van der Waals surface area (Å²) >= 11 is 0. The van der Waals surface area contributed by atoms with Crippen molar-refractivity contribution in [3.05, 3.63) is 0 Å². The fourth-order valence-corrected chi connectivity index (χ4v) is 1.98. The van der Waals surface area contributed by atoms with Crippen LogP contribution in [0.2, 0.25) is 0 Å². The Labute approximate surface area is 98.5 Å². The quantitative estimate of drug-likeness (QED) is 0.679. The van der Waals surface area contributed by atoms with Gasteiger partial charge in [-0.1, -0.05) is 27.2 Å². The molecule has 0 N–H and O–H groups in total. The maximum atomic E-state index is 11.3. The summed E-state index contributed by atoms with van der Waals surface area (Å²) in [7, 11) is 0. The highest BCUT2D eigenvalue weighted by atomic mass is 16.6. The van der Waals surface area contributed by atoms with E-state index in [9.17, 15) is 4.79 Å². The number of rotatable bonds is 5. The number of carbonyl (C=O) groups excluding carboxylic acids is 1. The van der Waals surface area contributed by atoms with Crippen molar-refractivity contribution < 1.29 is 14.3 Å². The van der Waals surface area contributed by atoms with E-state index >= 15 is 0 Å². The Hall–Kier alpha value is -0.570. The Morgan fingerprint density at radius 3 is 2.69 bits per heavy atom. The largest absolute Gasteiger partial charge is 0.463 e. The third-order valence-electron chi connectivity index (χ3n) is 2.93. The lowest BCUT2D eigenvalue weighted by Gasteiger charge is -2.29. The van der Waals surface area contributed by atoms with Crippen LogP contribution in [0.1, 0.15) is 52.9 Å². The van der Waals surface area contributed by atoms with E-state index in [1.54, 1.807) is 0 Å². The lowest BCUT2D eigenvalue weighted by atomic mass is 10.0. The van der Waals surface area contributed by atoms with Gasteiger partial charge in [-0.25, -0.2) is 0 Å². The van der Waals surface area contributed by atoms with Crippen LogP contribution in [0.25, 0.3) is 0 Å². The molecule has 0 aromatic rings. The Morgan fingerprint density at radius 2 is 2.06 bits per heavy atom. The van der Waals surface area contributed by atoms with Crippen molar-refractivity contribution in [2.75, 3.05) is 6.61 Å². The fourth-order valence-electron chi connectivity index (χ4n) is 1.98. The van der Waals surface area contributed by atoms with Gasteiger partial charge in [0, 0.05) is 0 Å². The van der Waals surface area contributed by atoms with Crippen molar-refractivity contribution >= 4 is 5.97 Å². The molecule has 1 rings (SSSR count). The molecule has 0 aromatic heterocycles. The second-order valence-corrected chi connectivity index (χ2v) is 4.88. The average Bonchev–Trinajstić information content (AvgIpc) is 2.26. The predicted octanol–water partition coefficient (Wildman–Crippen LogP) is 2.92. The summed E-state index contributed by atoms with van der Waals surface area (Å²) in [6.07, 6.45) is 6.13. The first-order valence-corrected chi connectivity index (χ1v) is 6.45. The molecule has 3 heteroatoms. The second-order valence-electron chi connectivity index (χ2n) is 4.88. The zero-order chi connectivity index (χ0) is 12.0. The molecule has 0 bridgehead atoms. The molecule has 0 saturated carbocycles. The maximum Gasteiger partial charge on any atom is 0.308 e. The molecule has 2 atom stereocenters. The molecular formula is C13H24O3. The zero-order valence-corrected chi connectivity index (χ0v) is 10.7. The standard InChI is InChI=1S/C13H24O3/c1-4-6-11-7-5-8-12(16-11)9-15-13(14)10(2)3/h10-12H,4-9H2,1-3H3. The molecular weight excluding hydrogens is 204 g/mol. The number of hydrogen-bond donors (Lipinski definition) is 0. The average molecular weight is 228 g/mol. The van der Waals surface area contributed by atoms with Gasteiger partial charge in [0.15, 0.2) is 0 Å². The van der Waals surface area contributed by atoms with Gasteiger partial charge in [0.1, 0.15) is 6.61 Å². The predicted molar refractivity (Wildman–Crippen MR) is 63.2 cm³/mol. The minimum Gasteiger partial charge on any atom is -0.463 e. The van der Waals surface area contributed by atoms with Gasteiger partial charge in [0.2, 0.25) is 0 Å². The summed E-state index contributed by atoms with van der Waals surface area (Å²) in [5, 5.41) is 0. The first-order valence-electron chi connectivity index (χ1n) is 6.45. The smallest absolute Gasteiger partial charge is 0.308 e. The van der Waals surface area contributed by atoms with Crippen LogP contribution in [-0.2, 0) is 14.3 Å². The number of hydrogen-bond acceptors (Lipinski definition) is 3. The zero-order valence-electron chi connectivity index (χ0n) is 10.7. The van der Waals surface area contributed by atoms with Crippen LogP contribution in [0.15, 0.2) is 0 Å². The van der Waals surface area contributed by atoms with E-state index in [4.69, 9.17) is 9.47 Å². The van der Waals surface area contributed by atoms with Crippen molar-refractivity contribution in [2.45, 2.75) is 65.1 Å². The molecule has 2 unspecified atom stereocenters. The molecule has 16 heavy (non-hydrogen) atoms. The molecule has 1 saturated heterocycles. The maximum absolute atomic E-state index is 11.3. The fraction of sp³-hybridized carbons (Fsp3) is 0.923. The van der Waals surface area contributed by atoms with Gasteiger partial charge in [-0.3, -0.25) is 4.79 Å². The number of ether oxygens (including phenoxy) is 2. The lowest BCUT2D eigenvalue weighted by Crippen LogP contribution is -2.32. The molecule has 1 fully saturated rings. The van der Waals surface area contributed by atoms with E-state index in [2.05, 4.69) is 6.92 Å². The van der Waals surface area contributed by atoms with Crippen molar-refractivity contribution in [3.8, 4) is 0 Å².